The van der Waals surface area contributed by atoms with Crippen LogP contribution in [-0.4, -0.2) is 17.7 Å². The van der Waals surface area contributed by atoms with E-state index in [-0.39, 0.29) is 5.75 Å². The summed E-state index contributed by atoms with van der Waals surface area (Å²) in [6, 6.07) is 18.1. The number of carbonyl (C=O) groups is 1. The first kappa shape index (κ1) is 23.5. The van der Waals surface area contributed by atoms with E-state index in [4.69, 9.17) is 4.74 Å². The minimum Gasteiger partial charge on any atom is -0.506 e. The Bertz CT molecular complexity index is 1060. The van der Waals surface area contributed by atoms with Gasteiger partial charge in [0.05, 0.1) is 12.2 Å². The Hall–Kier alpha value is -3.21. The highest BCUT2D eigenvalue weighted by Crippen LogP contribution is 2.36. The third-order valence-electron chi connectivity index (χ3n) is 5.42. The third kappa shape index (κ3) is 6.64. The van der Waals surface area contributed by atoms with Crippen LogP contribution in [0.25, 0.3) is 10.8 Å². The first-order valence-corrected chi connectivity index (χ1v) is 11.4. The summed E-state index contributed by atoms with van der Waals surface area (Å²) in [5.41, 5.74) is 1.16. The Kier molecular flexibility index (Phi) is 8.79. The summed E-state index contributed by atoms with van der Waals surface area (Å²) in [5, 5.41) is 20.5. The Morgan fingerprint density at radius 1 is 0.875 bits per heavy atom. The molecule has 0 aliphatic heterocycles. The van der Waals surface area contributed by atoms with Gasteiger partial charge in [-0.25, -0.2) is 4.79 Å². The summed E-state index contributed by atoms with van der Waals surface area (Å²) < 4.78 is 5.47. The highest BCUT2D eigenvalue weighted by atomic mass is 16.5. The number of ether oxygens (including phenoxy) is 1. The van der Waals surface area contributed by atoms with E-state index >= 15 is 0 Å². The standard InChI is InChI=1S/C27H32N2O3/c1-20(2)12-6-4-3-5-11-19-32-27(31)23-15-9-10-16-24(23)28-29-26-22-14-8-7-13-21(22)17-18-25(26)30/h7-10,13-18,20,30H,3-6,11-12,19H2,1-2H3. The number of nitrogens with zero attached hydrogens (tertiary/aromatic N) is 2. The van der Waals surface area contributed by atoms with Crippen LogP contribution in [-0.2, 0) is 4.74 Å². The lowest BCUT2D eigenvalue weighted by atomic mass is 10.0. The molecule has 168 valence electrons. The van der Waals surface area contributed by atoms with Gasteiger partial charge in [0.2, 0.25) is 0 Å². The molecule has 3 aromatic carbocycles. The summed E-state index contributed by atoms with van der Waals surface area (Å²) in [6.45, 7) is 4.90. The van der Waals surface area contributed by atoms with Crippen molar-refractivity contribution in [2.24, 2.45) is 16.1 Å². The number of benzene rings is 3. The molecule has 0 aliphatic carbocycles. The van der Waals surface area contributed by atoms with Crippen molar-refractivity contribution in [2.75, 3.05) is 6.61 Å². The molecule has 0 bridgehead atoms. The van der Waals surface area contributed by atoms with E-state index < -0.39 is 5.97 Å². The zero-order valence-electron chi connectivity index (χ0n) is 19.0. The van der Waals surface area contributed by atoms with Crippen LogP contribution in [0.2, 0.25) is 0 Å². The Balaban J connectivity index is 1.59. The maximum absolute atomic E-state index is 12.6. The fourth-order valence-corrected chi connectivity index (χ4v) is 3.61. The SMILES string of the molecule is CC(C)CCCCCCCOC(=O)c1ccccc1N=Nc1c(O)ccc2ccccc12. The fraction of sp³-hybridized carbons (Fsp3) is 0.370. The van der Waals surface area contributed by atoms with Gasteiger partial charge >= 0.3 is 5.97 Å². The normalized spacial score (nSPS) is 11.5. The Labute approximate surface area is 190 Å². The predicted octanol–water partition coefficient (Wildman–Crippen LogP) is 8.11. The van der Waals surface area contributed by atoms with E-state index in [9.17, 15) is 9.90 Å². The van der Waals surface area contributed by atoms with Gasteiger partial charge in [-0.15, -0.1) is 10.2 Å². The molecule has 0 aromatic heterocycles. The predicted molar refractivity (Wildman–Crippen MR) is 129 cm³/mol. The number of unbranched alkanes of at least 4 members (excludes halogenated alkanes) is 4. The molecule has 0 saturated carbocycles. The minimum atomic E-state index is -0.401. The van der Waals surface area contributed by atoms with E-state index in [1.807, 2.05) is 30.3 Å². The average Bonchev–Trinajstić information content (AvgIpc) is 2.80. The first-order valence-electron chi connectivity index (χ1n) is 11.4. The second kappa shape index (κ2) is 12.0. The van der Waals surface area contributed by atoms with Crippen LogP contribution in [0.3, 0.4) is 0 Å². The van der Waals surface area contributed by atoms with Crippen LogP contribution in [0, 0.1) is 5.92 Å². The van der Waals surface area contributed by atoms with Crippen LogP contribution in [0.15, 0.2) is 70.9 Å². The molecule has 3 rings (SSSR count). The molecule has 0 amide bonds. The van der Waals surface area contributed by atoms with Gasteiger partial charge in [0.25, 0.3) is 0 Å². The molecule has 0 fully saturated rings. The lowest BCUT2D eigenvalue weighted by Gasteiger charge is -2.08. The molecule has 5 heteroatoms. The number of rotatable bonds is 11. The second-order valence-electron chi connectivity index (χ2n) is 8.46. The second-order valence-corrected chi connectivity index (χ2v) is 8.46. The number of azo groups is 1. The number of phenolic OH excluding ortho intramolecular Hbond substituents is 1. The van der Waals surface area contributed by atoms with E-state index in [2.05, 4.69) is 24.1 Å². The van der Waals surface area contributed by atoms with Crippen molar-refractivity contribution >= 4 is 28.1 Å². The molecule has 3 aromatic rings. The lowest BCUT2D eigenvalue weighted by molar-refractivity contribution is 0.0498. The van der Waals surface area contributed by atoms with Gasteiger partial charge in [-0.2, -0.15) is 0 Å². The van der Waals surface area contributed by atoms with Gasteiger partial charge < -0.3 is 9.84 Å². The van der Waals surface area contributed by atoms with Gasteiger partial charge in [0.1, 0.15) is 17.1 Å². The highest BCUT2D eigenvalue weighted by molar-refractivity contribution is 5.96. The van der Waals surface area contributed by atoms with Crippen molar-refractivity contribution in [3.05, 3.63) is 66.2 Å². The summed E-state index contributed by atoms with van der Waals surface area (Å²) in [7, 11) is 0. The Morgan fingerprint density at radius 2 is 1.59 bits per heavy atom. The minimum absolute atomic E-state index is 0.0425. The quantitative estimate of drug-likeness (QED) is 0.189. The molecule has 0 spiro atoms. The maximum atomic E-state index is 12.6. The van der Waals surface area contributed by atoms with Gasteiger partial charge in [-0.1, -0.05) is 88.4 Å². The third-order valence-corrected chi connectivity index (χ3v) is 5.42. The summed E-state index contributed by atoms with van der Waals surface area (Å²) in [4.78, 5) is 12.6. The van der Waals surface area contributed by atoms with Crippen molar-refractivity contribution in [2.45, 2.75) is 52.4 Å². The number of hydrogen-bond acceptors (Lipinski definition) is 5. The molecule has 0 saturated heterocycles. The molecular formula is C27H32N2O3. The summed E-state index contributed by atoms with van der Waals surface area (Å²) in [5.74, 6) is 0.403. The molecule has 0 aliphatic rings. The van der Waals surface area contributed by atoms with Crippen LogP contribution in [0.1, 0.15) is 62.7 Å². The zero-order valence-corrected chi connectivity index (χ0v) is 19.0. The van der Waals surface area contributed by atoms with Crippen molar-refractivity contribution in [3.63, 3.8) is 0 Å². The molecule has 0 unspecified atom stereocenters. The van der Waals surface area contributed by atoms with Gasteiger partial charge in [-0.3, -0.25) is 0 Å². The fourth-order valence-electron chi connectivity index (χ4n) is 3.61. The van der Waals surface area contributed by atoms with Crippen molar-refractivity contribution < 1.29 is 14.6 Å². The van der Waals surface area contributed by atoms with Crippen LogP contribution < -0.4 is 0 Å². The number of phenols is 1. The molecule has 0 radical (unpaired) electrons. The van der Waals surface area contributed by atoms with Crippen molar-refractivity contribution in [1.82, 2.24) is 0 Å². The summed E-state index contributed by atoms with van der Waals surface area (Å²) >= 11 is 0. The monoisotopic (exact) mass is 432 g/mol. The van der Waals surface area contributed by atoms with E-state index in [1.54, 1.807) is 30.3 Å². The van der Waals surface area contributed by atoms with Gasteiger partial charge in [0, 0.05) is 5.39 Å². The van der Waals surface area contributed by atoms with E-state index in [1.165, 1.54) is 25.7 Å². The highest BCUT2D eigenvalue weighted by Gasteiger charge is 2.13. The van der Waals surface area contributed by atoms with Crippen molar-refractivity contribution in [3.8, 4) is 5.75 Å². The molecule has 32 heavy (non-hydrogen) atoms. The van der Waals surface area contributed by atoms with Gasteiger partial charge in [0.15, 0.2) is 0 Å². The number of esters is 1. The molecule has 5 nitrogen and oxygen atoms in total. The molecule has 0 heterocycles. The van der Waals surface area contributed by atoms with Crippen LogP contribution >= 0.6 is 0 Å². The maximum Gasteiger partial charge on any atom is 0.340 e. The molecule has 1 N–H and O–H groups in total. The number of hydrogen-bond donors (Lipinski definition) is 1. The lowest BCUT2D eigenvalue weighted by Crippen LogP contribution is -2.06. The average molecular weight is 433 g/mol. The number of carbonyl (C=O) groups excluding carboxylic acids is 1. The van der Waals surface area contributed by atoms with E-state index in [0.717, 1.165) is 29.5 Å². The van der Waals surface area contributed by atoms with Crippen LogP contribution in [0.4, 0.5) is 11.4 Å². The van der Waals surface area contributed by atoms with E-state index in [0.29, 0.717) is 23.5 Å². The first-order chi connectivity index (χ1) is 15.6. The topological polar surface area (TPSA) is 71.2 Å². The Morgan fingerprint density at radius 3 is 2.44 bits per heavy atom. The summed E-state index contributed by atoms with van der Waals surface area (Å²) in [6.07, 6.45) is 6.87. The molecular weight excluding hydrogens is 400 g/mol. The van der Waals surface area contributed by atoms with Crippen molar-refractivity contribution in [1.29, 1.82) is 0 Å². The zero-order chi connectivity index (χ0) is 22.8. The largest absolute Gasteiger partial charge is 0.506 e. The number of aromatic hydroxyl groups is 1. The van der Waals surface area contributed by atoms with Gasteiger partial charge in [-0.05, 0) is 35.9 Å². The van der Waals surface area contributed by atoms with Crippen LogP contribution in [0.5, 0.6) is 5.75 Å². The smallest absolute Gasteiger partial charge is 0.340 e. The number of fused-ring (bicyclic) bond motifs is 1. The molecule has 0 atom stereocenters.